The molecule has 1 aromatic carbocycles. The number of aromatic nitrogens is 3. The van der Waals surface area contributed by atoms with Crippen molar-refractivity contribution in [3.05, 3.63) is 41.7 Å². The van der Waals surface area contributed by atoms with Crippen LogP contribution in [0.2, 0.25) is 0 Å². The second-order valence-corrected chi connectivity index (χ2v) is 8.80. The zero-order chi connectivity index (χ0) is 19.0. The molecule has 1 amide bonds. The molecule has 2 aromatic heterocycles. The smallest absolute Gasteiger partial charge is 0.257 e. The van der Waals surface area contributed by atoms with Crippen molar-refractivity contribution in [3.63, 3.8) is 0 Å². The number of benzene rings is 1. The molecule has 1 N–H and O–H groups in total. The molecular formula is C20H24N4O2S. The van der Waals surface area contributed by atoms with Crippen molar-refractivity contribution in [1.82, 2.24) is 20.1 Å². The Kier molecular flexibility index (Phi) is 4.72. The fourth-order valence-electron chi connectivity index (χ4n) is 3.56. The third kappa shape index (κ3) is 3.74. The van der Waals surface area contributed by atoms with Crippen LogP contribution in [0.15, 0.2) is 40.1 Å². The molecule has 1 atom stereocenters. The Bertz CT molecular complexity index is 937. The Morgan fingerprint density at radius 3 is 2.96 bits per heavy atom. The van der Waals surface area contributed by atoms with E-state index in [1.807, 2.05) is 30.5 Å². The van der Waals surface area contributed by atoms with Crippen molar-refractivity contribution >= 4 is 28.8 Å². The van der Waals surface area contributed by atoms with E-state index in [0.29, 0.717) is 5.22 Å². The van der Waals surface area contributed by atoms with Gasteiger partial charge in [-0.05, 0) is 52.2 Å². The molecule has 0 saturated heterocycles. The Hall–Kier alpha value is -2.28. The molecule has 0 spiro atoms. The van der Waals surface area contributed by atoms with E-state index in [0.717, 1.165) is 35.9 Å². The fraction of sp³-hybridized carbons (Fsp3) is 0.450. The van der Waals surface area contributed by atoms with Gasteiger partial charge in [0.1, 0.15) is 5.52 Å². The number of nitrogens with one attached hydrogen (secondary N) is 1. The summed E-state index contributed by atoms with van der Waals surface area (Å²) in [4.78, 5) is 16.9. The molecule has 0 saturated carbocycles. The molecule has 0 radical (unpaired) electrons. The van der Waals surface area contributed by atoms with Crippen molar-refractivity contribution in [1.29, 1.82) is 0 Å². The van der Waals surface area contributed by atoms with Gasteiger partial charge in [-0.2, -0.15) is 5.10 Å². The number of carbonyl (C=O) groups is 1. The number of thioether (sulfide) groups is 1. The highest BCUT2D eigenvalue weighted by Gasteiger charge is 2.29. The van der Waals surface area contributed by atoms with Crippen LogP contribution in [0.25, 0.3) is 11.1 Å². The van der Waals surface area contributed by atoms with E-state index in [-0.39, 0.29) is 23.2 Å². The summed E-state index contributed by atoms with van der Waals surface area (Å²) in [5.41, 5.74) is 3.89. The van der Waals surface area contributed by atoms with Crippen LogP contribution in [0.1, 0.15) is 50.9 Å². The Morgan fingerprint density at radius 2 is 2.19 bits per heavy atom. The van der Waals surface area contributed by atoms with E-state index < -0.39 is 0 Å². The van der Waals surface area contributed by atoms with Crippen LogP contribution < -0.4 is 5.32 Å². The van der Waals surface area contributed by atoms with Crippen molar-refractivity contribution in [3.8, 4) is 0 Å². The summed E-state index contributed by atoms with van der Waals surface area (Å²) in [5, 5.41) is 8.27. The SMILES string of the molecule is CC(C)(C)n1ncc2c1CCC[C@H]2NC(=O)CSc1nc2ccccc2o1. The highest BCUT2D eigenvalue weighted by atomic mass is 32.2. The van der Waals surface area contributed by atoms with Crippen LogP contribution in [0.4, 0.5) is 0 Å². The maximum absolute atomic E-state index is 12.5. The topological polar surface area (TPSA) is 73.0 Å². The zero-order valence-electron chi connectivity index (χ0n) is 15.9. The van der Waals surface area contributed by atoms with Crippen LogP contribution in [-0.2, 0) is 16.8 Å². The Labute approximate surface area is 162 Å². The van der Waals surface area contributed by atoms with Gasteiger partial charge in [0.2, 0.25) is 5.91 Å². The van der Waals surface area contributed by atoms with Crippen LogP contribution in [-0.4, -0.2) is 26.4 Å². The first-order valence-electron chi connectivity index (χ1n) is 9.27. The summed E-state index contributed by atoms with van der Waals surface area (Å²) in [5.74, 6) is 0.273. The average Bonchev–Trinajstić information content (AvgIpc) is 3.24. The molecule has 27 heavy (non-hydrogen) atoms. The fourth-order valence-corrected chi connectivity index (χ4v) is 4.21. The lowest BCUT2D eigenvalue weighted by Gasteiger charge is -2.28. The van der Waals surface area contributed by atoms with Gasteiger partial charge in [0, 0.05) is 11.3 Å². The number of hydrogen-bond acceptors (Lipinski definition) is 5. The number of amides is 1. The van der Waals surface area contributed by atoms with Gasteiger partial charge in [0.15, 0.2) is 5.58 Å². The van der Waals surface area contributed by atoms with Crippen LogP contribution in [0.3, 0.4) is 0 Å². The highest BCUT2D eigenvalue weighted by molar-refractivity contribution is 7.99. The van der Waals surface area contributed by atoms with E-state index in [9.17, 15) is 4.79 Å². The molecule has 1 aliphatic carbocycles. The summed E-state index contributed by atoms with van der Waals surface area (Å²) in [7, 11) is 0. The molecule has 0 unspecified atom stereocenters. The zero-order valence-corrected chi connectivity index (χ0v) is 16.7. The van der Waals surface area contributed by atoms with Gasteiger partial charge in [0.05, 0.1) is 23.5 Å². The van der Waals surface area contributed by atoms with Crippen molar-refractivity contribution in [2.45, 2.75) is 56.8 Å². The number of carbonyl (C=O) groups excluding carboxylic acids is 1. The van der Waals surface area contributed by atoms with Crippen LogP contribution in [0, 0.1) is 0 Å². The molecule has 0 aliphatic heterocycles. The predicted octanol–water partition coefficient (Wildman–Crippen LogP) is 4.07. The first-order valence-corrected chi connectivity index (χ1v) is 10.3. The van der Waals surface area contributed by atoms with Crippen LogP contribution in [0.5, 0.6) is 0 Å². The van der Waals surface area contributed by atoms with E-state index >= 15 is 0 Å². The molecular weight excluding hydrogens is 360 g/mol. The number of rotatable bonds is 4. The maximum atomic E-state index is 12.5. The Morgan fingerprint density at radius 1 is 1.37 bits per heavy atom. The van der Waals surface area contributed by atoms with Crippen molar-refractivity contribution in [2.24, 2.45) is 0 Å². The molecule has 0 bridgehead atoms. The van der Waals surface area contributed by atoms with Gasteiger partial charge in [-0.25, -0.2) is 4.98 Å². The highest BCUT2D eigenvalue weighted by Crippen LogP contribution is 2.32. The van der Waals surface area contributed by atoms with E-state index in [2.05, 4.69) is 40.9 Å². The summed E-state index contributed by atoms with van der Waals surface area (Å²) >= 11 is 1.32. The predicted molar refractivity (Wildman–Crippen MR) is 106 cm³/mol. The molecule has 6 nitrogen and oxygen atoms in total. The first kappa shape index (κ1) is 18.1. The minimum absolute atomic E-state index is 0.0105. The van der Waals surface area contributed by atoms with Gasteiger partial charge in [-0.1, -0.05) is 23.9 Å². The monoisotopic (exact) mass is 384 g/mol. The number of hydrogen-bond donors (Lipinski definition) is 1. The van der Waals surface area contributed by atoms with Gasteiger partial charge >= 0.3 is 0 Å². The molecule has 1 aliphatic rings. The third-order valence-corrected chi connectivity index (χ3v) is 5.58. The van der Waals surface area contributed by atoms with Gasteiger partial charge in [-0.3, -0.25) is 9.48 Å². The largest absolute Gasteiger partial charge is 0.431 e. The molecule has 4 rings (SSSR count). The van der Waals surface area contributed by atoms with Gasteiger partial charge in [0.25, 0.3) is 5.22 Å². The van der Waals surface area contributed by atoms with E-state index in [4.69, 9.17) is 4.42 Å². The lowest BCUT2D eigenvalue weighted by atomic mass is 9.92. The standard InChI is InChI=1S/C20H24N4O2S/c1-20(2,3)24-16-9-6-8-14(13(16)11-21-24)22-18(25)12-27-19-23-15-7-4-5-10-17(15)26-19/h4-5,7,10-11,14H,6,8-9,12H2,1-3H3,(H,22,25)/t14-/m1/s1. The minimum atomic E-state index is -0.0533. The Balaban J connectivity index is 1.41. The van der Waals surface area contributed by atoms with E-state index in [1.165, 1.54) is 17.5 Å². The van der Waals surface area contributed by atoms with Gasteiger partial charge < -0.3 is 9.73 Å². The third-order valence-electron chi connectivity index (χ3n) is 4.75. The molecule has 7 heteroatoms. The van der Waals surface area contributed by atoms with Crippen molar-refractivity contribution < 1.29 is 9.21 Å². The molecule has 2 heterocycles. The van der Waals surface area contributed by atoms with E-state index in [1.54, 1.807) is 0 Å². The summed E-state index contributed by atoms with van der Waals surface area (Å²) in [6.07, 6.45) is 4.93. The first-order chi connectivity index (χ1) is 12.9. The quantitative estimate of drug-likeness (QED) is 0.687. The molecule has 3 aromatic rings. The van der Waals surface area contributed by atoms with Crippen molar-refractivity contribution in [2.75, 3.05) is 5.75 Å². The maximum Gasteiger partial charge on any atom is 0.257 e. The second kappa shape index (κ2) is 7.03. The normalized spacial score (nSPS) is 17.1. The van der Waals surface area contributed by atoms with Gasteiger partial charge in [-0.15, -0.1) is 0 Å². The average molecular weight is 385 g/mol. The number of fused-ring (bicyclic) bond motifs is 2. The number of para-hydroxylation sites is 2. The minimum Gasteiger partial charge on any atom is -0.431 e. The lowest BCUT2D eigenvalue weighted by molar-refractivity contribution is -0.119. The molecule has 0 fully saturated rings. The summed E-state index contributed by atoms with van der Waals surface area (Å²) < 4.78 is 7.75. The molecule has 142 valence electrons. The number of oxazole rings is 1. The lowest BCUT2D eigenvalue weighted by Crippen LogP contribution is -2.33. The summed E-state index contributed by atoms with van der Waals surface area (Å²) in [6.45, 7) is 6.46. The summed E-state index contributed by atoms with van der Waals surface area (Å²) in [6, 6.07) is 7.64. The number of nitrogens with zero attached hydrogens (tertiary/aromatic N) is 3. The van der Waals surface area contributed by atoms with Crippen LogP contribution >= 0.6 is 11.8 Å². The second-order valence-electron chi connectivity index (χ2n) is 7.88.